The van der Waals surface area contributed by atoms with Crippen molar-refractivity contribution in [2.45, 2.75) is 25.8 Å². The van der Waals surface area contributed by atoms with Crippen molar-refractivity contribution in [2.24, 2.45) is 5.92 Å². The third kappa shape index (κ3) is 4.00. The van der Waals surface area contributed by atoms with Crippen LogP contribution in [-0.4, -0.2) is 60.6 Å². The summed E-state index contributed by atoms with van der Waals surface area (Å²) in [5.41, 5.74) is 1.23. The number of carbonyl (C=O) groups is 2. The summed E-state index contributed by atoms with van der Waals surface area (Å²) in [7, 11) is 4.94. The minimum Gasteiger partial charge on any atom is -0.469 e. The van der Waals surface area contributed by atoms with Gasteiger partial charge in [0.15, 0.2) is 5.82 Å². The zero-order valence-electron chi connectivity index (χ0n) is 16.6. The molecule has 28 heavy (non-hydrogen) atoms. The van der Waals surface area contributed by atoms with E-state index in [1.54, 1.807) is 28.5 Å². The van der Waals surface area contributed by atoms with E-state index in [1.165, 1.54) is 7.11 Å². The third-order valence-corrected chi connectivity index (χ3v) is 5.19. The van der Waals surface area contributed by atoms with Crippen molar-refractivity contribution in [1.29, 1.82) is 0 Å². The summed E-state index contributed by atoms with van der Waals surface area (Å²) in [6.07, 6.45) is 1.45. The number of nitrogens with zero attached hydrogens (tertiary/aromatic N) is 4. The van der Waals surface area contributed by atoms with Crippen molar-refractivity contribution >= 4 is 28.7 Å². The Kier molecular flexibility index (Phi) is 5.96. The topological polar surface area (TPSA) is 84.7 Å². The van der Waals surface area contributed by atoms with Crippen LogP contribution in [0.5, 0.6) is 0 Å². The van der Waals surface area contributed by atoms with Gasteiger partial charge in [-0.05, 0) is 25.0 Å². The van der Waals surface area contributed by atoms with Crippen LogP contribution in [0.1, 0.15) is 19.3 Å². The Morgan fingerprint density at radius 1 is 1.21 bits per heavy atom. The van der Waals surface area contributed by atoms with Crippen LogP contribution in [0.15, 0.2) is 29.1 Å². The van der Waals surface area contributed by atoms with Gasteiger partial charge in [0.1, 0.15) is 0 Å². The first-order chi connectivity index (χ1) is 13.4. The number of amides is 1. The summed E-state index contributed by atoms with van der Waals surface area (Å²) >= 11 is 0. The van der Waals surface area contributed by atoms with Gasteiger partial charge >= 0.3 is 5.97 Å². The predicted molar refractivity (Wildman–Crippen MR) is 106 cm³/mol. The van der Waals surface area contributed by atoms with Gasteiger partial charge in [-0.25, -0.2) is 4.98 Å². The molecule has 8 nitrogen and oxygen atoms in total. The number of rotatable bonds is 5. The van der Waals surface area contributed by atoms with Crippen LogP contribution in [0.2, 0.25) is 0 Å². The molecule has 0 aliphatic carbocycles. The molecule has 0 N–H and O–H groups in total. The predicted octanol–water partition coefficient (Wildman–Crippen LogP) is 1.26. The highest BCUT2D eigenvalue weighted by Gasteiger charge is 2.27. The van der Waals surface area contributed by atoms with E-state index >= 15 is 0 Å². The van der Waals surface area contributed by atoms with E-state index in [0.717, 1.165) is 11.0 Å². The van der Waals surface area contributed by atoms with Crippen LogP contribution >= 0.6 is 0 Å². The zero-order valence-corrected chi connectivity index (χ0v) is 16.6. The molecule has 0 bridgehead atoms. The lowest BCUT2D eigenvalue weighted by atomic mass is 9.97. The van der Waals surface area contributed by atoms with Crippen LogP contribution < -0.4 is 10.5 Å². The van der Waals surface area contributed by atoms with Gasteiger partial charge in [-0.1, -0.05) is 12.1 Å². The number of anilines is 1. The quantitative estimate of drug-likeness (QED) is 0.720. The van der Waals surface area contributed by atoms with Crippen molar-refractivity contribution in [1.82, 2.24) is 14.5 Å². The molecule has 1 aliphatic heterocycles. The van der Waals surface area contributed by atoms with E-state index < -0.39 is 0 Å². The number of methoxy groups -OCH3 is 1. The van der Waals surface area contributed by atoms with Gasteiger partial charge < -0.3 is 19.1 Å². The summed E-state index contributed by atoms with van der Waals surface area (Å²) in [4.78, 5) is 45.0. The molecular formula is C20H26N4O4. The third-order valence-electron chi connectivity index (χ3n) is 5.19. The number of benzene rings is 1. The molecule has 1 fully saturated rings. The molecule has 1 aromatic heterocycles. The van der Waals surface area contributed by atoms with Crippen molar-refractivity contribution < 1.29 is 14.3 Å². The monoisotopic (exact) mass is 386 g/mol. The smallest absolute Gasteiger partial charge is 0.308 e. The molecule has 1 saturated heterocycles. The lowest BCUT2D eigenvalue weighted by molar-refractivity contribution is -0.148. The van der Waals surface area contributed by atoms with Gasteiger partial charge in [0.25, 0.3) is 5.56 Å². The highest BCUT2D eigenvalue weighted by molar-refractivity contribution is 5.79. The molecule has 0 unspecified atom stereocenters. The molecule has 1 aliphatic rings. The van der Waals surface area contributed by atoms with Gasteiger partial charge in [-0.3, -0.25) is 14.4 Å². The Labute approximate surface area is 163 Å². The summed E-state index contributed by atoms with van der Waals surface area (Å²) in [6.45, 7) is 1.36. The molecule has 3 rings (SSSR count). The van der Waals surface area contributed by atoms with Crippen LogP contribution in [0, 0.1) is 5.92 Å². The Hall–Kier alpha value is -2.90. The largest absolute Gasteiger partial charge is 0.469 e. The zero-order chi connectivity index (χ0) is 20.3. The van der Waals surface area contributed by atoms with Gasteiger partial charge in [0.2, 0.25) is 5.91 Å². The summed E-state index contributed by atoms with van der Waals surface area (Å²) < 4.78 is 6.41. The second kappa shape index (κ2) is 8.41. The molecular weight excluding hydrogens is 360 g/mol. The maximum absolute atomic E-state index is 12.8. The summed E-state index contributed by atoms with van der Waals surface area (Å²) in [5, 5.41) is 0. The average Bonchev–Trinajstić information content (AvgIpc) is 2.71. The number of piperidine rings is 1. The fourth-order valence-corrected chi connectivity index (χ4v) is 3.59. The van der Waals surface area contributed by atoms with Gasteiger partial charge in [0, 0.05) is 40.2 Å². The first-order valence-corrected chi connectivity index (χ1v) is 9.45. The second-order valence-corrected chi connectivity index (χ2v) is 7.20. The lowest BCUT2D eigenvalue weighted by Crippen LogP contribution is -2.41. The van der Waals surface area contributed by atoms with Crippen molar-refractivity contribution in [3.63, 3.8) is 0 Å². The maximum Gasteiger partial charge on any atom is 0.308 e. The molecule has 150 valence electrons. The number of hydrogen-bond acceptors (Lipinski definition) is 6. The van der Waals surface area contributed by atoms with E-state index in [0.29, 0.717) is 38.3 Å². The van der Waals surface area contributed by atoms with Gasteiger partial charge in [0.05, 0.1) is 24.1 Å². The van der Waals surface area contributed by atoms with E-state index in [1.807, 2.05) is 24.3 Å². The highest BCUT2D eigenvalue weighted by Crippen LogP contribution is 2.19. The number of carbonyl (C=O) groups excluding carboxylic acids is 2. The minimum atomic E-state index is -0.210. The normalized spacial score (nSPS) is 14.9. The van der Waals surface area contributed by atoms with E-state index in [4.69, 9.17) is 4.74 Å². The summed E-state index contributed by atoms with van der Waals surface area (Å²) in [6, 6.07) is 7.43. The number of likely N-dealkylation sites (tertiary alicyclic amines) is 1. The molecule has 1 aromatic carbocycles. The number of esters is 1. The van der Waals surface area contributed by atoms with Crippen LogP contribution in [0.3, 0.4) is 0 Å². The number of aromatic nitrogens is 2. The van der Waals surface area contributed by atoms with Crippen LogP contribution in [0.4, 0.5) is 5.82 Å². The van der Waals surface area contributed by atoms with Crippen LogP contribution in [0.25, 0.3) is 11.0 Å². The first-order valence-electron chi connectivity index (χ1n) is 9.45. The molecule has 1 amide bonds. The number of ether oxygens (including phenoxy) is 1. The molecule has 0 radical (unpaired) electrons. The van der Waals surface area contributed by atoms with Crippen molar-refractivity contribution in [2.75, 3.05) is 39.2 Å². The van der Waals surface area contributed by atoms with Crippen LogP contribution in [-0.2, 0) is 20.9 Å². The molecule has 2 aromatic rings. The van der Waals surface area contributed by atoms with Gasteiger partial charge in [-0.2, -0.15) is 0 Å². The van der Waals surface area contributed by atoms with Crippen molar-refractivity contribution in [3.05, 3.63) is 34.6 Å². The number of para-hydroxylation sites is 2. The highest BCUT2D eigenvalue weighted by atomic mass is 16.5. The Morgan fingerprint density at radius 3 is 2.54 bits per heavy atom. The fraction of sp³-hybridized carbons (Fsp3) is 0.500. The SMILES string of the molecule is COC(=O)C1CCN(C(=O)CCn2c(=O)c(N(C)C)nc3ccccc32)CC1. The lowest BCUT2D eigenvalue weighted by Gasteiger charge is -2.30. The van der Waals surface area contributed by atoms with E-state index in [2.05, 4.69) is 4.98 Å². The average molecular weight is 386 g/mol. The summed E-state index contributed by atoms with van der Waals surface area (Å²) in [5.74, 6) is -0.00543. The second-order valence-electron chi connectivity index (χ2n) is 7.20. The first kappa shape index (κ1) is 19.9. The molecule has 0 atom stereocenters. The van der Waals surface area contributed by atoms with Gasteiger partial charge in [-0.15, -0.1) is 0 Å². The Bertz CT molecular complexity index is 929. The molecule has 0 spiro atoms. The molecule has 2 heterocycles. The number of hydrogen-bond donors (Lipinski definition) is 0. The Balaban J connectivity index is 1.73. The maximum atomic E-state index is 12.8. The minimum absolute atomic E-state index is 0.0116. The Morgan fingerprint density at radius 2 is 1.89 bits per heavy atom. The number of fused-ring (bicyclic) bond motifs is 1. The van der Waals surface area contributed by atoms with Crippen molar-refractivity contribution in [3.8, 4) is 0 Å². The molecule has 0 saturated carbocycles. The number of aryl methyl sites for hydroxylation is 1. The fourth-order valence-electron chi connectivity index (χ4n) is 3.59. The van der Waals surface area contributed by atoms with E-state index in [-0.39, 0.29) is 29.8 Å². The molecule has 8 heteroatoms. The standard InChI is InChI=1S/C20H26N4O4/c1-22(2)18-19(26)24(16-7-5-4-6-15(16)21-18)13-10-17(25)23-11-8-14(9-12-23)20(27)28-3/h4-7,14H,8-13H2,1-3H3. The van der Waals surface area contributed by atoms with E-state index in [9.17, 15) is 14.4 Å².